The summed E-state index contributed by atoms with van der Waals surface area (Å²) in [6.07, 6.45) is 0. The molecule has 9 heteroatoms. The van der Waals surface area contributed by atoms with Crippen LogP contribution in [-0.2, 0) is 4.79 Å². The molecule has 0 spiro atoms. The lowest BCUT2D eigenvalue weighted by Crippen LogP contribution is -2.33. The number of hydrogen-bond acceptors (Lipinski definition) is 6. The number of rotatable bonds is 7. The maximum Gasteiger partial charge on any atom is 0.280 e. The fourth-order valence-corrected chi connectivity index (χ4v) is 3.76. The van der Waals surface area contributed by atoms with Crippen molar-refractivity contribution in [2.45, 2.75) is 26.8 Å². The molecule has 0 fully saturated rings. The molecule has 1 aromatic carbocycles. The van der Waals surface area contributed by atoms with E-state index in [9.17, 15) is 14.4 Å². The summed E-state index contributed by atoms with van der Waals surface area (Å²) >= 11 is 1.22. The number of nitrogens with one attached hydrogen (secondary N) is 2. The van der Waals surface area contributed by atoms with Gasteiger partial charge in [-0.2, -0.15) is 5.10 Å². The van der Waals surface area contributed by atoms with Crippen molar-refractivity contribution >= 4 is 23.2 Å². The summed E-state index contributed by atoms with van der Waals surface area (Å²) in [5, 5.41) is 10.2. The molecule has 0 aliphatic rings. The highest BCUT2D eigenvalue weighted by Gasteiger charge is 2.20. The Hall–Kier alpha value is -3.33. The zero-order valence-corrected chi connectivity index (χ0v) is 17.8. The van der Waals surface area contributed by atoms with Crippen LogP contribution in [0.2, 0.25) is 0 Å². The minimum absolute atomic E-state index is 0.0953. The molecule has 0 aliphatic heterocycles. The average molecular weight is 426 g/mol. The van der Waals surface area contributed by atoms with Crippen molar-refractivity contribution in [2.24, 2.45) is 0 Å². The third-order valence-electron chi connectivity index (χ3n) is 4.20. The second kappa shape index (κ2) is 9.45. The van der Waals surface area contributed by atoms with Crippen LogP contribution in [0.3, 0.4) is 0 Å². The highest BCUT2D eigenvalue weighted by atomic mass is 32.1. The second-order valence-electron chi connectivity index (χ2n) is 6.90. The topological polar surface area (TPSA) is 106 Å². The van der Waals surface area contributed by atoms with Crippen molar-refractivity contribution in [1.29, 1.82) is 0 Å². The first-order valence-electron chi connectivity index (χ1n) is 9.56. The number of hydrogen-bond donors (Lipinski definition) is 2. The molecule has 0 bridgehead atoms. The molecule has 2 heterocycles. The molecule has 30 heavy (non-hydrogen) atoms. The van der Waals surface area contributed by atoms with E-state index < -0.39 is 0 Å². The van der Waals surface area contributed by atoms with Gasteiger partial charge >= 0.3 is 0 Å². The first kappa shape index (κ1) is 21.4. The van der Waals surface area contributed by atoms with Gasteiger partial charge in [-0.3, -0.25) is 14.4 Å². The minimum atomic E-state index is -0.328. The molecule has 2 N–H and O–H groups in total. The number of carbonyl (C=O) groups excluding carboxylic acids is 2. The summed E-state index contributed by atoms with van der Waals surface area (Å²) in [7, 11) is 0. The molecule has 0 atom stereocenters. The number of aromatic nitrogens is 3. The van der Waals surface area contributed by atoms with Crippen LogP contribution in [-0.4, -0.2) is 39.7 Å². The van der Waals surface area contributed by atoms with Crippen LogP contribution < -0.4 is 16.2 Å². The number of thiazole rings is 1. The summed E-state index contributed by atoms with van der Waals surface area (Å²) in [4.78, 5) is 40.9. The quantitative estimate of drug-likeness (QED) is 0.566. The predicted molar refractivity (Wildman–Crippen MR) is 116 cm³/mol. The molecule has 0 aliphatic carbocycles. The van der Waals surface area contributed by atoms with E-state index >= 15 is 0 Å². The molecule has 3 aromatic rings. The summed E-state index contributed by atoms with van der Waals surface area (Å²) in [5.41, 5.74) is 1.88. The van der Waals surface area contributed by atoms with Crippen molar-refractivity contribution in [1.82, 2.24) is 25.4 Å². The smallest absolute Gasteiger partial charge is 0.280 e. The van der Waals surface area contributed by atoms with Gasteiger partial charge in [0.1, 0.15) is 5.69 Å². The van der Waals surface area contributed by atoms with Crippen molar-refractivity contribution in [3.8, 4) is 21.8 Å². The van der Waals surface area contributed by atoms with Gasteiger partial charge in [-0.25, -0.2) is 9.67 Å². The Kier molecular flexibility index (Phi) is 6.73. The van der Waals surface area contributed by atoms with Crippen molar-refractivity contribution < 1.29 is 9.59 Å². The normalized spacial score (nSPS) is 10.8. The second-order valence-corrected chi connectivity index (χ2v) is 7.90. The van der Waals surface area contributed by atoms with Crippen LogP contribution in [0.25, 0.3) is 21.8 Å². The fraction of sp³-hybridized carbons (Fsp3) is 0.286. The first-order chi connectivity index (χ1) is 14.4. The Morgan fingerprint density at radius 1 is 1.07 bits per heavy atom. The molecular weight excluding hydrogens is 402 g/mol. The van der Waals surface area contributed by atoms with Gasteiger partial charge in [-0.1, -0.05) is 30.3 Å². The summed E-state index contributed by atoms with van der Waals surface area (Å²) in [5.74, 6) is -0.482. The fourth-order valence-electron chi connectivity index (χ4n) is 2.79. The van der Waals surface area contributed by atoms with E-state index in [0.29, 0.717) is 29.4 Å². The van der Waals surface area contributed by atoms with Gasteiger partial charge in [0.25, 0.3) is 11.5 Å². The maximum absolute atomic E-state index is 12.6. The Labute approximate surface area is 178 Å². The van der Waals surface area contributed by atoms with E-state index in [1.807, 2.05) is 44.2 Å². The zero-order valence-electron chi connectivity index (χ0n) is 17.0. The third-order valence-corrected chi connectivity index (χ3v) is 5.28. The zero-order chi connectivity index (χ0) is 21.7. The summed E-state index contributed by atoms with van der Waals surface area (Å²) in [6.45, 7) is 5.83. The van der Waals surface area contributed by atoms with E-state index in [1.165, 1.54) is 29.0 Å². The van der Waals surface area contributed by atoms with Crippen molar-refractivity contribution in [3.05, 3.63) is 57.8 Å². The predicted octanol–water partition coefficient (Wildman–Crippen LogP) is 2.48. The summed E-state index contributed by atoms with van der Waals surface area (Å²) in [6, 6.07) is 12.6. The van der Waals surface area contributed by atoms with E-state index in [4.69, 9.17) is 0 Å². The minimum Gasteiger partial charge on any atom is -0.355 e. The van der Waals surface area contributed by atoms with E-state index in [0.717, 1.165) is 5.56 Å². The molecule has 2 amide bonds. The Bertz CT molecular complexity index is 1110. The molecule has 2 aromatic heterocycles. The number of nitrogens with zero attached hydrogens (tertiary/aromatic N) is 3. The Morgan fingerprint density at radius 3 is 2.43 bits per heavy atom. The van der Waals surface area contributed by atoms with Crippen molar-refractivity contribution in [2.75, 3.05) is 13.1 Å². The molecule has 3 rings (SSSR count). The lowest BCUT2D eigenvalue weighted by Gasteiger charge is -2.09. The number of benzene rings is 1. The molecule has 8 nitrogen and oxygen atoms in total. The lowest BCUT2D eigenvalue weighted by molar-refractivity contribution is -0.118. The lowest BCUT2D eigenvalue weighted by atomic mass is 10.1. The molecule has 0 saturated heterocycles. The molecule has 156 valence electrons. The van der Waals surface area contributed by atoms with E-state index in [-0.39, 0.29) is 28.4 Å². The van der Waals surface area contributed by atoms with Gasteiger partial charge in [0, 0.05) is 31.6 Å². The van der Waals surface area contributed by atoms with Gasteiger partial charge in [-0.05, 0) is 19.9 Å². The average Bonchev–Trinajstić information content (AvgIpc) is 3.17. The Balaban J connectivity index is 1.98. The van der Waals surface area contributed by atoms with Crippen LogP contribution in [0.5, 0.6) is 0 Å². The Morgan fingerprint density at radius 2 is 1.77 bits per heavy atom. The van der Waals surface area contributed by atoms with Gasteiger partial charge < -0.3 is 10.6 Å². The van der Waals surface area contributed by atoms with Crippen LogP contribution >= 0.6 is 11.3 Å². The van der Waals surface area contributed by atoms with Crippen LogP contribution in [0, 0.1) is 0 Å². The first-order valence-corrected chi connectivity index (χ1v) is 10.4. The largest absolute Gasteiger partial charge is 0.355 e. The van der Waals surface area contributed by atoms with Crippen LogP contribution in [0.4, 0.5) is 0 Å². The monoisotopic (exact) mass is 425 g/mol. The molecule has 0 radical (unpaired) electrons. The van der Waals surface area contributed by atoms with E-state index in [1.54, 1.807) is 6.07 Å². The number of amides is 2. The molecular formula is C21H23N5O3S. The van der Waals surface area contributed by atoms with Gasteiger partial charge in [-0.15, -0.1) is 11.3 Å². The summed E-state index contributed by atoms with van der Waals surface area (Å²) < 4.78 is 1.41. The van der Waals surface area contributed by atoms with E-state index in [2.05, 4.69) is 20.7 Å². The maximum atomic E-state index is 12.6. The van der Waals surface area contributed by atoms with Gasteiger partial charge in [0.15, 0.2) is 5.01 Å². The van der Waals surface area contributed by atoms with Crippen LogP contribution in [0.15, 0.2) is 47.3 Å². The highest BCUT2D eigenvalue weighted by molar-refractivity contribution is 7.17. The van der Waals surface area contributed by atoms with Crippen molar-refractivity contribution in [3.63, 3.8) is 0 Å². The van der Waals surface area contributed by atoms with Gasteiger partial charge in [0.2, 0.25) is 5.91 Å². The third kappa shape index (κ3) is 4.98. The number of carbonyl (C=O) groups is 2. The highest BCUT2D eigenvalue weighted by Crippen LogP contribution is 2.35. The van der Waals surface area contributed by atoms with Gasteiger partial charge in [0.05, 0.1) is 16.6 Å². The SMILES string of the molecule is CC(=O)NCCNC(=O)c1nc(-c2ccccc2)c(-c2ccc(=O)n(C(C)C)n2)s1. The van der Waals surface area contributed by atoms with Crippen LogP contribution in [0.1, 0.15) is 36.6 Å². The molecule has 0 unspecified atom stereocenters. The standard InChI is InChI=1S/C21H23N5O3S/c1-13(2)26-17(28)10-9-16(25-26)19-18(15-7-5-4-6-8-15)24-21(30-19)20(29)23-12-11-22-14(3)27/h4-10,13H,11-12H2,1-3H3,(H,22,27)(H,23,29). The molecule has 0 saturated carbocycles.